The highest BCUT2D eigenvalue weighted by Crippen LogP contribution is 2.44. The second kappa shape index (κ2) is 22.9. The number of aryl methyl sites for hydroxylation is 4. The maximum absolute atomic E-state index is 4.09. The number of benzene rings is 7. The van der Waals surface area contributed by atoms with E-state index in [0.717, 1.165) is 25.7 Å². The minimum absolute atomic E-state index is 1.07. The van der Waals surface area contributed by atoms with E-state index in [2.05, 4.69) is 190 Å². The van der Waals surface area contributed by atoms with Gasteiger partial charge in [-0.15, -0.1) is 0 Å². The van der Waals surface area contributed by atoms with Crippen molar-refractivity contribution in [2.24, 2.45) is 0 Å². The number of para-hydroxylation sites is 2. The van der Waals surface area contributed by atoms with Gasteiger partial charge in [0.15, 0.2) is 0 Å². The monoisotopic (exact) mass is 1030 g/mol. The third-order valence-corrected chi connectivity index (χ3v) is 16.3. The molecule has 0 fully saturated rings. The minimum Gasteiger partial charge on any atom is -0.309 e. The molecule has 68 heavy (non-hydrogen) atoms. The fraction of sp³-hybridized carbons (Fsp3) is 0.375. The molecule has 7 aromatic carbocycles. The molecule has 0 atom stereocenters. The number of rotatable bonds is 23. The number of nitrogens with zero attached hydrogens (tertiary/aromatic N) is 2. The Balaban J connectivity index is 1.25. The first-order valence-corrected chi connectivity index (χ1v) is 28.2. The molecule has 352 valence electrons. The van der Waals surface area contributed by atoms with Crippen LogP contribution in [0, 0.1) is 0 Å². The number of hydrogen-bond acceptors (Lipinski definition) is 0. The van der Waals surface area contributed by atoms with Gasteiger partial charge in [0.05, 0.1) is 22.1 Å². The summed E-state index contributed by atoms with van der Waals surface area (Å²) in [6, 6.07) is 47.4. The molecule has 0 aliphatic carbocycles. The topological polar surface area (TPSA) is 9.86 Å². The Bertz CT molecular complexity index is 3160. The van der Waals surface area contributed by atoms with E-state index in [1.807, 2.05) is 0 Å². The summed E-state index contributed by atoms with van der Waals surface area (Å²) in [4.78, 5) is 0. The van der Waals surface area contributed by atoms with Crippen molar-refractivity contribution >= 4 is 86.2 Å². The molecular formula is C64H72Br2N2. The van der Waals surface area contributed by atoms with Gasteiger partial charge in [-0.3, -0.25) is 0 Å². The van der Waals surface area contributed by atoms with Crippen LogP contribution >= 0.6 is 31.9 Å². The zero-order valence-corrected chi connectivity index (χ0v) is 44.5. The first kappa shape index (κ1) is 48.4. The van der Waals surface area contributed by atoms with Crippen molar-refractivity contribution in [3.63, 3.8) is 0 Å². The van der Waals surface area contributed by atoms with Crippen LogP contribution in [0.5, 0.6) is 0 Å². The fourth-order valence-corrected chi connectivity index (χ4v) is 12.4. The molecule has 0 unspecified atom stereocenters. The summed E-state index contributed by atoms with van der Waals surface area (Å²) < 4.78 is 7.76. The van der Waals surface area contributed by atoms with Crippen molar-refractivity contribution in [3.05, 3.63) is 153 Å². The Morgan fingerprint density at radius 1 is 0.338 bits per heavy atom. The third kappa shape index (κ3) is 10.0. The predicted octanol–water partition coefficient (Wildman–Crippen LogP) is 20.7. The fourth-order valence-electron chi connectivity index (χ4n) is 11.2. The van der Waals surface area contributed by atoms with E-state index in [-0.39, 0.29) is 0 Å². The molecule has 0 radical (unpaired) electrons. The highest BCUT2D eigenvalue weighted by molar-refractivity contribution is 9.10. The highest BCUT2D eigenvalue weighted by atomic mass is 79.9. The Hall–Kier alpha value is -4.64. The van der Waals surface area contributed by atoms with E-state index in [1.54, 1.807) is 0 Å². The first-order valence-electron chi connectivity index (χ1n) is 26.6. The van der Waals surface area contributed by atoms with Crippen molar-refractivity contribution < 1.29 is 0 Å². The lowest BCUT2D eigenvalue weighted by Crippen LogP contribution is -2.03. The summed E-state index contributed by atoms with van der Waals surface area (Å²) >= 11 is 8.16. The first-order chi connectivity index (χ1) is 33.4. The molecule has 0 aliphatic heterocycles. The summed E-state index contributed by atoms with van der Waals surface area (Å²) in [7, 11) is 0. The van der Waals surface area contributed by atoms with Crippen molar-refractivity contribution in [1.82, 2.24) is 9.13 Å². The molecule has 2 aromatic heterocycles. The van der Waals surface area contributed by atoms with Gasteiger partial charge in [0.2, 0.25) is 0 Å². The lowest BCUT2D eigenvalue weighted by Gasteiger charge is -2.18. The molecule has 0 saturated carbocycles. The van der Waals surface area contributed by atoms with E-state index in [0.29, 0.717) is 0 Å². The van der Waals surface area contributed by atoms with E-state index < -0.39 is 0 Å². The molecule has 9 aromatic rings. The molecule has 0 saturated heterocycles. The van der Waals surface area contributed by atoms with Crippen LogP contribution in [0.2, 0.25) is 0 Å². The van der Waals surface area contributed by atoms with Crippen LogP contribution < -0.4 is 0 Å². The number of unbranched alkanes of at least 4 members (excludes halogenated alkanes) is 12. The lowest BCUT2D eigenvalue weighted by atomic mass is 9.94. The average Bonchev–Trinajstić information content (AvgIpc) is 3.87. The van der Waals surface area contributed by atoms with E-state index in [1.165, 1.54) is 211 Å². The van der Waals surface area contributed by atoms with Crippen LogP contribution in [0.4, 0.5) is 0 Å². The summed E-state index contributed by atoms with van der Waals surface area (Å²) in [6.07, 6.45) is 24.4. The summed E-state index contributed by atoms with van der Waals surface area (Å²) in [5.74, 6) is 0. The van der Waals surface area contributed by atoms with Gasteiger partial charge in [0.1, 0.15) is 0 Å². The largest absolute Gasteiger partial charge is 0.309 e. The standard InChI is InChI=1S/C64H72Br2N2/c1-5-9-13-17-27-46-42-61(48(40-56(46)65)29-19-15-11-7-3)67-58-35-25-23-32-51(58)55-39-45(37-38-60(55)67)54-44-63-64(52-33-22-21-31-50(52)54)53-34-24-26-36-59(53)68(63)62-43-47(28-18-14-10-6-2)57(66)41-49(62)30-20-16-12-8-4/h21-26,31-44H,5-20,27-30H2,1-4H3. The van der Waals surface area contributed by atoms with E-state index in [9.17, 15) is 0 Å². The maximum atomic E-state index is 4.09. The number of halogens is 2. The number of aromatic nitrogens is 2. The van der Waals surface area contributed by atoms with E-state index >= 15 is 0 Å². The molecular weight excluding hydrogens is 957 g/mol. The van der Waals surface area contributed by atoms with Gasteiger partial charge < -0.3 is 9.13 Å². The van der Waals surface area contributed by atoms with Crippen molar-refractivity contribution in [2.75, 3.05) is 0 Å². The van der Waals surface area contributed by atoms with Crippen molar-refractivity contribution in [1.29, 1.82) is 0 Å². The number of fused-ring (bicyclic) bond motifs is 8. The van der Waals surface area contributed by atoms with Crippen LogP contribution in [-0.4, -0.2) is 9.13 Å². The maximum Gasteiger partial charge on any atom is 0.0553 e. The molecule has 4 heteroatoms. The van der Waals surface area contributed by atoms with Gasteiger partial charge in [-0.1, -0.05) is 203 Å². The van der Waals surface area contributed by atoms with Crippen molar-refractivity contribution in [2.45, 2.75) is 156 Å². The average molecular weight is 1030 g/mol. The van der Waals surface area contributed by atoms with Crippen molar-refractivity contribution in [3.8, 4) is 22.5 Å². The van der Waals surface area contributed by atoms with E-state index in [4.69, 9.17) is 0 Å². The molecule has 2 nitrogen and oxygen atoms in total. The van der Waals surface area contributed by atoms with Crippen LogP contribution in [0.3, 0.4) is 0 Å². The Morgan fingerprint density at radius 2 is 0.765 bits per heavy atom. The Kier molecular flexibility index (Phi) is 16.3. The quantitative estimate of drug-likeness (QED) is 0.0565. The normalized spacial score (nSPS) is 12.0. The molecule has 0 bridgehead atoms. The molecule has 0 spiro atoms. The summed E-state index contributed by atoms with van der Waals surface area (Å²) in [5.41, 5.74) is 16.0. The van der Waals surface area contributed by atoms with Crippen LogP contribution in [0.25, 0.3) is 76.9 Å². The molecule has 2 heterocycles. The molecule has 0 amide bonds. The SMILES string of the molecule is CCCCCCc1cc(-n2c3ccccc3c3cc(-c4cc5c(c6ccccc46)c4ccccc4n5-c4cc(CCCCCC)c(Br)cc4CCCCCC)ccc32)c(CCCCCC)cc1Br. The number of hydrogen-bond donors (Lipinski definition) is 0. The molecule has 0 N–H and O–H groups in total. The van der Waals surface area contributed by atoms with Gasteiger partial charge in [0.25, 0.3) is 0 Å². The Labute approximate surface area is 423 Å². The third-order valence-electron chi connectivity index (χ3n) is 14.8. The van der Waals surface area contributed by atoms with Crippen LogP contribution in [0.15, 0.2) is 130 Å². The predicted molar refractivity (Wildman–Crippen MR) is 305 cm³/mol. The van der Waals surface area contributed by atoms with Crippen LogP contribution in [0.1, 0.15) is 153 Å². The lowest BCUT2D eigenvalue weighted by molar-refractivity contribution is 0.661. The Morgan fingerprint density at radius 3 is 1.29 bits per heavy atom. The zero-order chi connectivity index (χ0) is 47.0. The molecule has 0 aliphatic rings. The molecule has 9 rings (SSSR count). The second-order valence-corrected chi connectivity index (χ2v) is 21.4. The summed E-state index contributed by atoms with van der Waals surface area (Å²) in [5, 5.41) is 7.89. The second-order valence-electron chi connectivity index (χ2n) is 19.7. The van der Waals surface area contributed by atoms with Gasteiger partial charge >= 0.3 is 0 Å². The van der Waals surface area contributed by atoms with Gasteiger partial charge in [0, 0.05) is 41.9 Å². The summed E-state index contributed by atoms with van der Waals surface area (Å²) in [6.45, 7) is 9.23. The van der Waals surface area contributed by atoms with Gasteiger partial charge in [-0.2, -0.15) is 0 Å². The van der Waals surface area contributed by atoms with Gasteiger partial charge in [-0.05, 0) is 150 Å². The smallest absolute Gasteiger partial charge is 0.0553 e. The minimum atomic E-state index is 1.07. The van der Waals surface area contributed by atoms with Crippen LogP contribution in [-0.2, 0) is 25.7 Å². The zero-order valence-electron chi connectivity index (χ0n) is 41.3. The van der Waals surface area contributed by atoms with Gasteiger partial charge in [-0.25, -0.2) is 0 Å². The highest BCUT2D eigenvalue weighted by Gasteiger charge is 2.22.